The molecule has 0 saturated carbocycles. The molecule has 0 atom stereocenters. The number of amides is 1. The highest BCUT2D eigenvalue weighted by atomic mass is 32.2. The Bertz CT molecular complexity index is 1220. The molecule has 3 rings (SSSR count). The molecule has 0 fully saturated rings. The SMILES string of the molecule is COc1ccc(NC(=O)CN(Cc2cccc(C)c2)S(=O)(=O)c2ccc(C)cc2)c(OC)c1. The van der Waals surface area contributed by atoms with E-state index < -0.39 is 15.9 Å². The van der Waals surface area contributed by atoms with Crippen LogP contribution in [0.15, 0.2) is 71.6 Å². The second kappa shape index (κ2) is 10.5. The summed E-state index contributed by atoms with van der Waals surface area (Å²) in [6.45, 7) is 3.52. The van der Waals surface area contributed by atoms with Crippen molar-refractivity contribution in [3.63, 3.8) is 0 Å². The van der Waals surface area contributed by atoms with Gasteiger partial charge in [0.05, 0.1) is 31.3 Å². The third-order valence-electron chi connectivity index (χ3n) is 5.10. The van der Waals surface area contributed by atoms with Gasteiger partial charge in [-0.05, 0) is 43.7 Å². The maximum Gasteiger partial charge on any atom is 0.243 e. The largest absolute Gasteiger partial charge is 0.497 e. The lowest BCUT2D eigenvalue weighted by Gasteiger charge is -2.22. The number of methoxy groups -OCH3 is 2. The van der Waals surface area contributed by atoms with E-state index >= 15 is 0 Å². The first-order valence-corrected chi connectivity index (χ1v) is 11.8. The van der Waals surface area contributed by atoms with Crippen molar-refractivity contribution in [1.82, 2.24) is 4.31 Å². The van der Waals surface area contributed by atoms with Crippen LogP contribution in [0, 0.1) is 13.8 Å². The van der Waals surface area contributed by atoms with Crippen LogP contribution in [0.5, 0.6) is 11.5 Å². The third kappa shape index (κ3) is 6.12. The van der Waals surface area contributed by atoms with E-state index in [4.69, 9.17) is 9.47 Å². The Morgan fingerprint density at radius 2 is 1.64 bits per heavy atom. The van der Waals surface area contributed by atoms with Gasteiger partial charge in [-0.3, -0.25) is 4.79 Å². The molecule has 0 aliphatic carbocycles. The third-order valence-corrected chi connectivity index (χ3v) is 6.91. The van der Waals surface area contributed by atoms with Gasteiger partial charge in [0.1, 0.15) is 11.5 Å². The number of hydrogen-bond acceptors (Lipinski definition) is 5. The minimum atomic E-state index is -3.92. The second-order valence-corrected chi connectivity index (χ2v) is 9.63. The summed E-state index contributed by atoms with van der Waals surface area (Å²) in [5.41, 5.74) is 3.17. The van der Waals surface area contributed by atoms with E-state index in [9.17, 15) is 13.2 Å². The summed E-state index contributed by atoms with van der Waals surface area (Å²) in [7, 11) is -0.905. The number of nitrogens with one attached hydrogen (secondary N) is 1. The van der Waals surface area contributed by atoms with Crippen molar-refractivity contribution in [2.24, 2.45) is 0 Å². The molecule has 0 radical (unpaired) electrons. The summed E-state index contributed by atoms with van der Waals surface area (Å²) in [6.07, 6.45) is 0. The lowest BCUT2D eigenvalue weighted by atomic mass is 10.1. The van der Waals surface area contributed by atoms with Crippen LogP contribution in [0.2, 0.25) is 0 Å². The number of anilines is 1. The number of carbonyl (C=O) groups excluding carboxylic acids is 1. The molecule has 0 unspecified atom stereocenters. The quantitative estimate of drug-likeness (QED) is 0.510. The van der Waals surface area contributed by atoms with Crippen molar-refractivity contribution in [2.75, 3.05) is 26.1 Å². The Balaban J connectivity index is 1.89. The average Bonchev–Trinajstić information content (AvgIpc) is 2.79. The van der Waals surface area contributed by atoms with Gasteiger partial charge in [0.2, 0.25) is 15.9 Å². The molecule has 3 aromatic carbocycles. The lowest BCUT2D eigenvalue weighted by molar-refractivity contribution is -0.116. The number of hydrogen-bond donors (Lipinski definition) is 1. The van der Waals surface area contributed by atoms with E-state index in [1.54, 1.807) is 42.5 Å². The predicted molar refractivity (Wildman–Crippen MR) is 128 cm³/mol. The van der Waals surface area contributed by atoms with E-state index in [1.807, 2.05) is 38.1 Å². The Morgan fingerprint density at radius 3 is 2.27 bits per heavy atom. The Morgan fingerprint density at radius 1 is 0.909 bits per heavy atom. The summed E-state index contributed by atoms with van der Waals surface area (Å²) in [6, 6.07) is 19.1. The van der Waals surface area contributed by atoms with Gasteiger partial charge in [0.25, 0.3) is 0 Å². The fraction of sp³-hybridized carbons (Fsp3) is 0.240. The van der Waals surface area contributed by atoms with Crippen molar-refractivity contribution in [1.29, 1.82) is 0 Å². The molecule has 174 valence electrons. The molecule has 3 aromatic rings. The summed E-state index contributed by atoms with van der Waals surface area (Å²) in [5.74, 6) is 0.504. The summed E-state index contributed by atoms with van der Waals surface area (Å²) < 4.78 is 38.5. The van der Waals surface area contributed by atoms with Crippen LogP contribution < -0.4 is 14.8 Å². The van der Waals surface area contributed by atoms with Crippen LogP contribution in [0.3, 0.4) is 0 Å². The second-order valence-electron chi connectivity index (χ2n) is 7.69. The molecule has 7 nitrogen and oxygen atoms in total. The van der Waals surface area contributed by atoms with Gasteiger partial charge in [0.15, 0.2) is 0 Å². The zero-order chi connectivity index (χ0) is 24.0. The van der Waals surface area contributed by atoms with Crippen molar-refractivity contribution < 1.29 is 22.7 Å². The Kier molecular flexibility index (Phi) is 7.73. The molecule has 0 aliphatic heterocycles. The van der Waals surface area contributed by atoms with Crippen LogP contribution in [-0.2, 0) is 21.4 Å². The molecule has 33 heavy (non-hydrogen) atoms. The van der Waals surface area contributed by atoms with Crippen LogP contribution >= 0.6 is 0 Å². The maximum atomic E-state index is 13.4. The highest BCUT2D eigenvalue weighted by molar-refractivity contribution is 7.89. The Labute approximate surface area is 195 Å². The zero-order valence-electron chi connectivity index (χ0n) is 19.2. The molecular weight excluding hydrogens is 440 g/mol. The minimum Gasteiger partial charge on any atom is -0.497 e. The fourth-order valence-corrected chi connectivity index (χ4v) is 4.74. The van der Waals surface area contributed by atoms with Gasteiger partial charge in [0, 0.05) is 12.6 Å². The monoisotopic (exact) mass is 468 g/mol. The minimum absolute atomic E-state index is 0.0606. The standard InChI is InChI=1S/C25H28N2O5S/c1-18-8-11-22(12-9-18)33(29,30)27(16-20-7-5-6-19(2)14-20)17-25(28)26-23-13-10-21(31-3)15-24(23)32-4/h5-15H,16-17H2,1-4H3,(H,26,28). The number of ether oxygens (including phenoxy) is 2. The van der Waals surface area contributed by atoms with Crippen LogP contribution in [0.25, 0.3) is 0 Å². The van der Waals surface area contributed by atoms with Crippen LogP contribution in [0.4, 0.5) is 5.69 Å². The van der Waals surface area contributed by atoms with E-state index in [0.29, 0.717) is 17.2 Å². The molecule has 0 spiro atoms. The van der Waals surface area contributed by atoms with Gasteiger partial charge in [-0.2, -0.15) is 4.31 Å². The topological polar surface area (TPSA) is 84.9 Å². The van der Waals surface area contributed by atoms with Crippen LogP contribution in [-0.4, -0.2) is 39.4 Å². The first-order chi connectivity index (χ1) is 15.7. The van der Waals surface area contributed by atoms with Gasteiger partial charge in [-0.15, -0.1) is 0 Å². The van der Waals surface area contributed by atoms with Gasteiger partial charge >= 0.3 is 0 Å². The van der Waals surface area contributed by atoms with Crippen molar-refractivity contribution in [2.45, 2.75) is 25.3 Å². The van der Waals surface area contributed by atoms with E-state index in [0.717, 1.165) is 16.7 Å². The smallest absolute Gasteiger partial charge is 0.243 e. The summed E-state index contributed by atoms with van der Waals surface area (Å²) >= 11 is 0. The number of benzene rings is 3. The number of aryl methyl sites for hydroxylation is 2. The molecule has 1 N–H and O–H groups in total. The zero-order valence-corrected chi connectivity index (χ0v) is 20.0. The molecule has 0 saturated heterocycles. The molecule has 0 aromatic heterocycles. The normalized spacial score (nSPS) is 11.3. The highest BCUT2D eigenvalue weighted by Crippen LogP contribution is 2.29. The predicted octanol–water partition coefficient (Wildman–Crippen LogP) is 4.15. The van der Waals surface area contributed by atoms with E-state index in [2.05, 4.69) is 5.32 Å². The molecule has 8 heteroatoms. The Hall–Kier alpha value is -3.36. The summed E-state index contributed by atoms with van der Waals surface area (Å²) in [5, 5.41) is 2.75. The molecule has 0 heterocycles. The maximum absolute atomic E-state index is 13.4. The van der Waals surface area contributed by atoms with Crippen LogP contribution in [0.1, 0.15) is 16.7 Å². The van der Waals surface area contributed by atoms with E-state index in [1.165, 1.54) is 18.5 Å². The summed E-state index contributed by atoms with van der Waals surface area (Å²) in [4.78, 5) is 13.1. The van der Waals surface area contributed by atoms with Gasteiger partial charge in [-0.1, -0.05) is 47.5 Å². The number of nitrogens with zero attached hydrogens (tertiary/aromatic N) is 1. The first kappa shape index (κ1) is 24.3. The first-order valence-electron chi connectivity index (χ1n) is 10.4. The van der Waals surface area contributed by atoms with Gasteiger partial charge in [-0.25, -0.2) is 8.42 Å². The highest BCUT2D eigenvalue weighted by Gasteiger charge is 2.27. The fourth-order valence-electron chi connectivity index (χ4n) is 3.35. The van der Waals surface area contributed by atoms with E-state index in [-0.39, 0.29) is 18.0 Å². The molecule has 0 bridgehead atoms. The molecule has 0 aliphatic rings. The molecular formula is C25H28N2O5S. The number of rotatable bonds is 9. The van der Waals surface area contributed by atoms with Crippen molar-refractivity contribution in [3.05, 3.63) is 83.4 Å². The lowest BCUT2D eigenvalue weighted by Crippen LogP contribution is -2.37. The molecule has 1 amide bonds. The van der Waals surface area contributed by atoms with Crippen molar-refractivity contribution >= 4 is 21.6 Å². The van der Waals surface area contributed by atoms with Crippen molar-refractivity contribution in [3.8, 4) is 11.5 Å². The number of sulfonamides is 1. The van der Waals surface area contributed by atoms with Gasteiger partial charge < -0.3 is 14.8 Å². The number of carbonyl (C=O) groups is 1. The average molecular weight is 469 g/mol.